The third-order valence-corrected chi connectivity index (χ3v) is 7.65. The number of hydrogen-bond donors (Lipinski definition) is 1. The Balaban J connectivity index is 1.53. The predicted octanol–water partition coefficient (Wildman–Crippen LogP) is 1.73. The number of nitrogens with zero attached hydrogens (tertiary/aromatic N) is 3. The number of carbonyl (C=O) groups excluding carboxylic acids is 1. The van der Waals surface area contributed by atoms with E-state index < -0.39 is 21.7 Å². The van der Waals surface area contributed by atoms with E-state index >= 15 is 0 Å². The van der Waals surface area contributed by atoms with Crippen molar-refractivity contribution in [2.24, 2.45) is 5.92 Å². The van der Waals surface area contributed by atoms with Gasteiger partial charge >= 0.3 is 0 Å². The van der Waals surface area contributed by atoms with Crippen LogP contribution >= 0.6 is 0 Å². The highest BCUT2D eigenvalue weighted by molar-refractivity contribution is 7.89. The van der Waals surface area contributed by atoms with Crippen LogP contribution < -0.4 is 5.32 Å². The van der Waals surface area contributed by atoms with Crippen LogP contribution in [0.4, 0.5) is 0 Å². The van der Waals surface area contributed by atoms with Crippen LogP contribution in [0.3, 0.4) is 0 Å². The standard InChI is InChI=1S/C21H28N4O4S/c1-16(2)14-23-19(26)18-15-24-13-10-22-20(24)21(29-18)8-11-25(12-9-21)30(27,28)17-6-4-3-5-7-17/h3-7,10,13,16,18H,8-9,11-12,14-15H2,1-2H3,(H,23,26). The van der Waals surface area contributed by atoms with Crippen LogP contribution in [0.2, 0.25) is 0 Å². The van der Waals surface area contributed by atoms with Crippen LogP contribution in [0.1, 0.15) is 32.5 Å². The Hall–Kier alpha value is -2.23. The zero-order chi connectivity index (χ0) is 21.4. The maximum absolute atomic E-state index is 13.0. The molecule has 1 aromatic carbocycles. The molecule has 1 amide bonds. The third-order valence-electron chi connectivity index (χ3n) is 5.74. The molecule has 2 aliphatic rings. The summed E-state index contributed by atoms with van der Waals surface area (Å²) in [5, 5.41) is 2.95. The number of hydrogen-bond acceptors (Lipinski definition) is 5. The first-order chi connectivity index (χ1) is 14.3. The maximum Gasteiger partial charge on any atom is 0.251 e. The molecule has 3 heterocycles. The number of piperidine rings is 1. The molecular weight excluding hydrogens is 404 g/mol. The van der Waals surface area contributed by atoms with Crippen molar-refractivity contribution in [3.63, 3.8) is 0 Å². The van der Waals surface area contributed by atoms with Gasteiger partial charge in [-0.05, 0) is 30.9 Å². The molecule has 1 aromatic heterocycles. The molecular formula is C21H28N4O4S. The summed E-state index contributed by atoms with van der Waals surface area (Å²) >= 11 is 0. The second-order valence-electron chi connectivity index (χ2n) is 8.36. The molecule has 1 fully saturated rings. The summed E-state index contributed by atoms with van der Waals surface area (Å²) in [6.07, 6.45) is 3.84. The first-order valence-electron chi connectivity index (χ1n) is 10.3. The highest BCUT2D eigenvalue weighted by Crippen LogP contribution is 2.41. The molecule has 8 nitrogen and oxygen atoms in total. The van der Waals surface area contributed by atoms with Gasteiger partial charge in [0.15, 0.2) is 6.10 Å². The lowest BCUT2D eigenvalue weighted by Crippen LogP contribution is -2.54. The van der Waals surface area contributed by atoms with Gasteiger partial charge < -0.3 is 14.6 Å². The number of amides is 1. The van der Waals surface area contributed by atoms with Gasteiger partial charge in [-0.1, -0.05) is 32.0 Å². The van der Waals surface area contributed by atoms with E-state index in [0.717, 1.165) is 5.82 Å². The average molecular weight is 433 g/mol. The summed E-state index contributed by atoms with van der Waals surface area (Å²) in [6, 6.07) is 8.46. The van der Waals surface area contributed by atoms with Gasteiger partial charge in [-0.3, -0.25) is 4.79 Å². The molecule has 1 unspecified atom stereocenters. The maximum atomic E-state index is 13.0. The molecule has 1 N–H and O–H groups in total. The fourth-order valence-electron chi connectivity index (χ4n) is 4.12. The highest BCUT2D eigenvalue weighted by Gasteiger charge is 2.48. The summed E-state index contributed by atoms with van der Waals surface area (Å²) < 4.78 is 35.8. The number of rotatable bonds is 5. The number of nitrogens with one attached hydrogen (secondary N) is 1. The summed E-state index contributed by atoms with van der Waals surface area (Å²) in [7, 11) is -3.56. The fourth-order valence-corrected chi connectivity index (χ4v) is 5.59. The van der Waals surface area contributed by atoms with Crippen LogP contribution in [0.25, 0.3) is 0 Å². The number of benzene rings is 1. The van der Waals surface area contributed by atoms with Crippen molar-refractivity contribution in [1.82, 2.24) is 19.2 Å². The Morgan fingerprint density at radius 3 is 2.63 bits per heavy atom. The normalized spacial score (nSPS) is 21.5. The van der Waals surface area contributed by atoms with Crippen molar-refractivity contribution in [2.75, 3.05) is 19.6 Å². The second kappa shape index (κ2) is 8.13. The molecule has 4 rings (SSSR count). The summed E-state index contributed by atoms with van der Waals surface area (Å²) in [5.74, 6) is 0.982. The minimum absolute atomic E-state index is 0.137. The van der Waals surface area contributed by atoms with Gasteiger partial charge in [0.25, 0.3) is 5.91 Å². The SMILES string of the molecule is CC(C)CNC(=O)C1Cn2ccnc2C2(CCN(S(=O)(=O)c3ccccc3)CC2)O1. The Morgan fingerprint density at radius 2 is 1.97 bits per heavy atom. The largest absolute Gasteiger partial charge is 0.354 e. The van der Waals surface area contributed by atoms with E-state index in [1.165, 1.54) is 4.31 Å². The second-order valence-corrected chi connectivity index (χ2v) is 10.3. The van der Waals surface area contributed by atoms with Crippen molar-refractivity contribution < 1.29 is 17.9 Å². The van der Waals surface area contributed by atoms with E-state index in [-0.39, 0.29) is 10.8 Å². The van der Waals surface area contributed by atoms with Crippen molar-refractivity contribution in [3.8, 4) is 0 Å². The molecule has 162 valence electrons. The first-order valence-corrected chi connectivity index (χ1v) is 11.8. The zero-order valence-corrected chi connectivity index (χ0v) is 18.1. The minimum atomic E-state index is -3.56. The number of sulfonamides is 1. The summed E-state index contributed by atoms with van der Waals surface area (Å²) in [5.41, 5.74) is -0.760. The smallest absolute Gasteiger partial charge is 0.251 e. The molecule has 9 heteroatoms. The first kappa shape index (κ1) is 21.0. The third kappa shape index (κ3) is 3.89. The van der Waals surface area contributed by atoms with Gasteiger partial charge in [-0.2, -0.15) is 4.31 Å². The zero-order valence-electron chi connectivity index (χ0n) is 17.3. The van der Waals surface area contributed by atoms with Crippen LogP contribution in [-0.4, -0.2) is 53.9 Å². The van der Waals surface area contributed by atoms with Gasteiger partial charge in [-0.25, -0.2) is 13.4 Å². The van der Waals surface area contributed by atoms with Crippen LogP contribution in [0, 0.1) is 5.92 Å². The lowest BCUT2D eigenvalue weighted by Gasteiger charge is -2.45. The Morgan fingerprint density at radius 1 is 1.27 bits per heavy atom. The molecule has 1 spiro atoms. The molecule has 0 aliphatic carbocycles. The fraction of sp³-hybridized carbons (Fsp3) is 0.524. The van der Waals surface area contributed by atoms with Gasteiger partial charge in [0, 0.05) is 32.0 Å². The number of imidazole rings is 1. The number of aromatic nitrogens is 2. The summed E-state index contributed by atoms with van der Waals surface area (Å²) in [6.45, 7) is 5.70. The van der Waals surface area contributed by atoms with E-state index in [0.29, 0.717) is 44.9 Å². The van der Waals surface area contributed by atoms with E-state index in [1.54, 1.807) is 36.5 Å². The number of ether oxygens (including phenoxy) is 1. The molecule has 0 radical (unpaired) electrons. The monoisotopic (exact) mass is 432 g/mol. The van der Waals surface area contributed by atoms with E-state index in [1.807, 2.05) is 24.6 Å². The molecule has 0 saturated carbocycles. The van der Waals surface area contributed by atoms with E-state index in [4.69, 9.17) is 4.74 Å². The van der Waals surface area contributed by atoms with E-state index in [2.05, 4.69) is 10.3 Å². The van der Waals surface area contributed by atoms with Gasteiger partial charge in [0.05, 0.1) is 11.4 Å². The van der Waals surface area contributed by atoms with Crippen molar-refractivity contribution in [3.05, 3.63) is 48.5 Å². The molecule has 1 atom stereocenters. The quantitative estimate of drug-likeness (QED) is 0.777. The Kier molecular flexibility index (Phi) is 5.69. The van der Waals surface area contributed by atoms with Crippen LogP contribution in [0.5, 0.6) is 0 Å². The molecule has 0 bridgehead atoms. The molecule has 2 aromatic rings. The predicted molar refractivity (Wildman–Crippen MR) is 111 cm³/mol. The lowest BCUT2D eigenvalue weighted by molar-refractivity contribution is -0.170. The Labute approximate surface area is 177 Å². The Bertz CT molecular complexity index is 995. The van der Waals surface area contributed by atoms with Gasteiger partial charge in [0.2, 0.25) is 10.0 Å². The topological polar surface area (TPSA) is 93.5 Å². The number of carbonyl (C=O) groups is 1. The lowest BCUT2D eigenvalue weighted by atomic mass is 9.89. The van der Waals surface area contributed by atoms with E-state index in [9.17, 15) is 13.2 Å². The van der Waals surface area contributed by atoms with Crippen molar-refractivity contribution in [2.45, 2.75) is 49.8 Å². The van der Waals surface area contributed by atoms with Gasteiger partial charge in [-0.15, -0.1) is 0 Å². The molecule has 2 aliphatic heterocycles. The molecule has 30 heavy (non-hydrogen) atoms. The van der Waals surface area contributed by atoms with Crippen LogP contribution in [-0.2, 0) is 31.7 Å². The minimum Gasteiger partial charge on any atom is -0.354 e. The number of fused-ring (bicyclic) bond motifs is 2. The van der Waals surface area contributed by atoms with Crippen molar-refractivity contribution >= 4 is 15.9 Å². The average Bonchev–Trinajstić information content (AvgIpc) is 3.23. The van der Waals surface area contributed by atoms with Crippen molar-refractivity contribution in [1.29, 1.82) is 0 Å². The van der Waals surface area contributed by atoms with Crippen LogP contribution in [0.15, 0.2) is 47.6 Å². The summed E-state index contributed by atoms with van der Waals surface area (Å²) in [4.78, 5) is 17.5. The molecule has 1 saturated heterocycles. The van der Waals surface area contributed by atoms with Gasteiger partial charge in [0.1, 0.15) is 11.4 Å². The highest BCUT2D eigenvalue weighted by atomic mass is 32.2.